The van der Waals surface area contributed by atoms with E-state index in [2.05, 4.69) is 27.7 Å². The van der Waals surface area contributed by atoms with Crippen LogP contribution in [0.3, 0.4) is 0 Å². The lowest BCUT2D eigenvalue weighted by Crippen LogP contribution is -2.09. The second-order valence-corrected chi connectivity index (χ2v) is 5.52. The van der Waals surface area contributed by atoms with Gasteiger partial charge in [0, 0.05) is 21.9 Å². The zero-order chi connectivity index (χ0) is 13.3. The van der Waals surface area contributed by atoms with E-state index < -0.39 is 0 Å². The average molecular weight is 354 g/mol. The molecule has 0 atom stereocenters. The van der Waals surface area contributed by atoms with E-state index in [1.54, 1.807) is 4.68 Å². The third kappa shape index (κ3) is 2.63. The SMILES string of the molecule is Cc1cc(CC(=O)c2cccc(C)c2I)n(C)n1. The first-order valence-electron chi connectivity index (χ1n) is 5.77. The summed E-state index contributed by atoms with van der Waals surface area (Å²) in [5, 5.41) is 4.26. The Morgan fingerprint density at radius 1 is 1.39 bits per heavy atom. The van der Waals surface area contributed by atoms with Gasteiger partial charge in [0.05, 0.1) is 12.1 Å². The van der Waals surface area contributed by atoms with Crippen LogP contribution in [0.15, 0.2) is 24.3 Å². The third-order valence-corrected chi connectivity index (χ3v) is 4.36. The molecule has 0 unspecified atom stereocenters. The predicted octanol–water partition coefficient (Wildman–Crippen LogP) is 3.07. The molecule has 0 radical (unpaired) electrons. The van der Waals surface area contributed by atoms with E-state index in [1.165, 1.54) is 0 Å². The van der Waals surface area contributed by atoms with E-state index in [1.807, 2.05) is 45.2 Å². The van der Waals surface area contributed by atoms with Crippen LogP contribution in [0.5, 0.6) is 0 Å². The fraction of sp³-hybridized carbons (Fsp3) is 0.286. The summed E-state index contributed by atoms with van der Waals surface area (Å²) in [5.74, 6) is 0.145. The smallest absolute Gasteiger partial charge is 0.169 e. The van der Waals surface area contributed by atoms with Crippen LogP contribution in [-0.4, -0.2) is 15.6 Å². The highest BCUT2D eigenvalue weighted by Gasteiger charge is 2.14. The maximum Gasteiger partial charge on any atom is 0.169 e. The maximum absolute atomic E-state index is 12.3. The van der Waals surface area contributed by atoms with Crippen molar-refractivity contribution < 1.29 is 4.79 Å². The number of ketones is 1. The molecular weight excluding hydrogens is 339 g/mol. The molecule has 1 aromatic heterocycles. The van der Waals surface area contributed by atoms with Gasteiger partial charge in [-0.05, 0) is 48.1 Å². The minimum Gasteiger partial charge on any atom is -0.294 e. The van der Waals surface area contributed by atoms with Gasteiger partial charge in [0.25, 0.3) is 0 Å². The highest BCUT2D eigenvalue weighted by Crippen LogP contribution is 2.18. The summed E-state index contributed by atoms with van der Waals surface area (Å²) in [7, 11) is 1.87. The standard InChI is InChI=1S/C14H15IN2O/c1-9-5-4-6-12(14(9)15)13(18)8-11-7-10(2)16-17(11)3/h4-7H,8H2,1-3H3. The zero-order valence-corrected chi connectivity index (χ0v) is 12.9. The van der Waals surface area contributed by atoms with Gasteiger partial charge in [-0.2, -0.15) is 5.10 Å². The molecule has 1 aromatic carbocycles. The zero-order valence-electron chi connectivity index (χ0n) is 10.7. The lowest BCUT2D eigenvalue weighted by molar-refractivity contribution is 0.0990. The summed E-state index contributed by atoms with van der Waals surface area (Å²) in [6.07, 6.45) is 0.400. The van der Waals surface area contributed by atoms with Gasteiger partial charge in [0.1, 0.15) is 0 Å². The molecule has 0 aliphatic rings. The Morgan fingerprint density at radius 2 is 2.11 bits per heavy atom. The molecule has 0 fully saturated rings. The second kappa shape index (κ2) is 5.22. The van der Waals surface area contributed by atoms with Crippen LogP contribution in [0.1, 0.15) is 27.3 Å². The minimum absolute atomic E-state index is 0.145. The number of aromatic nitrogens is 2. The first-order chi connectivity index (χ1) is 8.49. The van der Waals surface area contributed by atoms with Gasteiger partial charge >= 0.3 is 0 Å². The largest absolute Gasteiger partial charge is 0.294 e. The highest BCUT2D eigenvalue weighted by molar-refractivity contribution is 14.1. The van der Waals surface area contributed by atoms with Gasteiger partial charge in [-0.15, -0.1) is 0 Å². The van der Waals surface area contributed by atoms with E-state index in [0.29, 0.717) is 6.42 Å². The molecule has 0 N–H and O–H groups in total. The fourth-order valence-electron chi connectivity index (χ4n) is 1.95. The average Bonchev–Trinajstić information content (AvgIpc) is 2.61. The van der Waals surface area contributed by atoms with Crippen molar-refractivity contribution in [3.05, 3.63) is 50.4 Å². The van der Waals surface area contributed by atoms with E-state index >= 15 is 0 Å². The Hall–Kier alpha value is -1.17. The van der Waals surface area contributed by atoms with Crippen LogP contribution in [0.4, 0.5) is 0 Å². The minimum atomic E-state index is 0.145. The predicted molar refractivity (Wildman–Crippen MR) is 79.9 cm³/mol. The number of Topliss-reactive ketones (excluding diaryl/α,β-unsaturated/α-hetero) is 1. The fourth-order valence-corrected chi connectivity index (χ4v) is 2.61. The third-order valence-electron chi connectivity index (χ3n) is 2.93. The number of benzene rings is 1. The molecule has 18 heavy (non-hydrogen) atoms. The van der Waals surface area contributed by atoms with Gasteiger partial charge in [0.2, 0.25) is 0 Å². The van der Waals surface area contributed by atoms with Crippen molar-refractivity contribution in [1.29, 1.82) is 0 Å². The molecule has 3 nitrogen and oxygen atoms in total. The Morgan fingerprint density at radius 3 is 2.72 bits per heavy atom. The van der Waals surface area contributed by atoms with Crippen molar-refractivity contribution in [3.63, 3.8) is 0 Å². The molecule has 2 rings (SSSR count). The molecule has 0 saturated heterocycles. The monoisotopic (exact) mass is 354 g/mol. The number of carbonyl (C=O) groups excluding carboxylic acids is 1. The Balaban J connectivity index is 2.27. The summed E-state index contributed by atoms with van der Waals surface area (Å²) in [6, 6.07) is 7.80. The van der Waals surface area contributed by atoms with E-state index in [9.17, 15) is 4.79 Å². The molecule has 4 heteroatoms. The van der Waals surface area contributed by atoms with E-state index in [0.717, 1.165) is 26.1 Å². The first kappa shape index (κ1) is 13.3. The lowest BCUT2D eigenvalue weighted by atomic mass is 10.0. The number of hydrogen-bond acceptors (Lipinski definition) is 2. The Labute approximate surface area is 120 Å². The number of rotatable bonds is 3. The van der Waals surface area contributed by atoms with Crippen molar-refractivity contribution in [2.24, 2.45) is 7.05 Å². The van der Waals surface area contributed by atoms with Gasteiger partial charge in [-0.25, -0.2) is 0 Å². The van der Waals surface area contributed by atoms with Crippen LogP contribution >= 0.6 is 22.6 Å². The number of aryl methyl sites for hydroxylation is 3. The summed E-state index contributed by atoms with van der Waals surface area (Å²) in [6.45, 7) is 3.96. The van der Waals surface area contributed by atoms with Crippen molar-refractivity contribution in [3.8, 4) is 0 Å². The van der Waals surface area contributed by atoms with Gasteiger partial charge < -0.3 is 0 Å². The van der Waals surface area contributed by atoms with Gasteiger partial charge in [0.15, 0.2) is 5.78 Å². The summed E-state index contributed by atoms with van der Waals surface area (Å²) < 4.78 is 2.81. The molecular formula is C14H15IN2O. The van der Waals surface area contributed by atoms with Crippen molar-refractivity contribution in [2.75, 3.05) is 0 Å². The second-order valence-electron chi connectivity index (χ2n) is 4.44. The molecule has 0 aliphatic carbocycles. The number of halogens is 1. The molecule has 1 heterocycles. The van der Waals surface area contributed by atoms with E-state index in [4.69, 9.17) is 0 Å². The maximum atomic E-state index is 12.3. The van der Waals surface area contributed by atoms with Crippen molar-refractivity contribution in [1.82, 2.24) is 9.78 Å². The molecule has 0 spiro atoms. The molecule has 94 valence electrons. The lowest BCUT2D eigenvalue weighted by Gasteiger charge is -2.06. The van der Waals surface area contributed by atoms with Crippen LogP contribution in [0, 0.1) is 17.4 Å². The Bertz CT molecular complexity index is 602. The molecule has 0 bridgehead atoms. The molecule has 2 aromatic rings. The number of nitrogens with zero attached hydrogens (tertiary/aromatic N) is 2. The van der Waals surface area contributed by atoms with E-state index in [-0.39, 0.29) is 5.78 Å². The summed E-state index contributed by atoms with van der Waals surface area (Å²) in [5.41, 5.74) is 3.84. The quantitative estimate of drug-likeness (QED) is 0.627. The first-order valence-corrected chi connectivity index (χ1v) is 6.84. The summed E-state index contributed by atoms with van der Waals surface area (Å²) >= 11 is 2.23. The molecule has 0 amide bonds. The van der Waals surface area contributed by atoms with Crippen LogP contribution in [0.25, 0.3) is 0 Å². The normalized spacial score (nSPS) is 10.7. The van der Waals surface area contributed by atoms with Gasteiger partial charge in [-0.1, -0.05) is 18.2 Å². The topological polar surface area (TPSA) is 34.9 Å². The highest BCUT2D eigenvalue weighted by atomic mass is 127. The molecule has 0 aliphatic heterocycles. The van der Waals surface area contributed by atoms with Crippen LogP contribution in [0.2, 0.25) is 0 Å². The van der Waals surface area contributed by atoms with Crippen molar-refractivity contribution in [2.45, 2.75) is 20.3 Å². The number of hydrogen-bond donors (Lipinski definition) is 0. The number of carbonyl (C=O) groups is 1. The van der Waals surface area contributed by atoms with Crippen LogP contribution < -0.4 is 0 Å². The van der Waals surface area contributed by atoms with Crippen molar-refractivity contribution >= 4 is 28.4 Å². The van der Waals surface area contributed by atoms with Gasteiger partial charge in [-0.3, -0.25) is 9.48 Å². The van der Waals surface area contributed by atoms with Crippen LogP contribution in [-0.2, 0) is 13.5 Å². The Kier molecular flexibility index (Phi) is 3.85. The molecule has 0 saturated carbocycles. The summed E-state index contributed by atoms with van der Waals surface area (Å²) in [4.78, 5) is 12.3.